The molecule has 0 amide bonds. The SMILES string of the molecule is C=CC(CC[C@@H](C)[C@H]1CCC2C3CC=C4C[C@@H](O)CC[C@]4(C)[C@H]3CC[C@@]21C)(OO)C(C)C. The lowest BCUT2D eigenvalue weighted by molar-refractivity contribution is -0.321. The summed E-state index contributed by atoms with van der Waals surface area (Å²) in [6, 6.07) is 0. The van der Waals surface area contributed by atoms with E-state index in [0.717, 1.165) is 49.4 Å². The van der Waals surface area contributed by atoms with Crippen LogP contribution in [-0.4, -0.2) is 22.1 Å². The second-order valence-electron chi connectivity index (χ2n) is 12.8. The third-order valence-corrected chi connectivity index (χ3v) is 11.3. The van der Waals surface area contributed by atoms with E-state index in [4.69, 9.17) is 4.89 Å². The van der Waals surface area contributed by atoms with Crippen molar-refractivity contribution in [2.24, 2.45) is 46.3 Å². The van der Waals surface area contributed by atoms with Crippen LogP contribution in [0.5, 0.6) is 0 Å². The Morgan fingerprint density at radius 3 is 2.56 bits per heavy atom. The van der Waals surface area contributed by atoms with Gasteiger partial charge in [0.1, 0.15) is 5.60 Å². The minimum Gasteiger partial charge on any atom is -0.393 e. The van der Waals surface area contributed by atoms with Gasteiger partial charge in [-0.15, -0.1) is 6.58 Å². The number of rotatable bonds is 7. The van der Waals surface area contributed by atoms with Gasteiger partial charge in [-0.3, -0.25) is 5.26 Å². The van der Waals surface area contributed by atoms with Crippen LogP contribution in [0.1, 0.15) is 98.8 Å². The van der Waals surface area contributed by atoms with Gasteiger partial charge < -0.3 is 5.11 Å². The van der Waals surface area contributed by atoms with Crippen molar-refractivity contribution < 1.29 is 15.3 Å². The number of hydrogen-bond acceptors (Lipinski definition) is 3. The molecular formula is C29H48O3. The van der Waals surface area contributed by atoms with E-state index in [9.17, 15) is 10.4 Å². The summed E-state index contributed by atoms with van der Waals surface area (Å²) in [5, 5.41) is 19.9. The Morgan fingerprint density at radius 2 is 1.91 bits per heavy atom. The minimum absolute atomic E-state index is 0.118. The summed E-state index contributed by atoms with van der Waals surface area (Å²) in [7, 11) is 0. The van der Waals surface area contributed by atoms with E-state index in [1.54, 1.807) is 5.57 Å². The van der Waals surface area contributed by atoms with Crippen molar-refractivity contribution in [1.82, 2.24) is 0 Å². The lowest BCUT2D eigenvalue weighted by atomic mass is 9.47. The van der Waals surface area contributed by atoms with E-state index in [0.29, 0.717) is 16.7 Å². The van der Waals surface area contributed by atoms with Crippen molar-refractivity contribution in [1.29, 1.82) is 0 Å². The number of allylic oxidation sites excluding steroid dienone is 1. The van der Waals surface area contributed by atoms with E-state index in [2.05, 4.69) is 47.3 Å². The Morgan fingerprint density at radius 1 is 1.16 bits per heavy atom. The first-order valence-electron chi connectivity index (χ1n) is 13.4. The summed E-state index contributed by atoms with van der Waals surface area (Å²) in [4.78, 5) is 4.99. The maximum atomic E-state index is 10.3. The molecule has 3 heteroatoms. The van der Waals surface area contributed by atoms with Crippen LogP contribution in [0.15, 0.2) is 24.3 Å². The van der Waals surface area contributed by atoms with Gasteiger partial charge in [-0.05, 0) is 111 Å². The highest BCUT2D eigenvalue weighted by Crippen LogP contribution is 2.67. The van der Waals surface area contributed by atoms with E-state index in [-0.39, 0.29) is 12.0 Å². The molecule has 4 aliphatic carbocycles. The zero-order valence-electron chi connectivity index (χ0n) is 21.3. The molecule has 3 unspecified atom stereocenters. The van der Waals surface area contributed by atoms with Gasteiger partial charge in [0, 0.05) is 0 Å². The monoisotopic (exact) mass is 444 g/mol. The maximum absolute atomic E-state index is 10.3. The maximum Gasteiger partial charge on any atom is 0.123 e. The van der Waals surface area contributed by atoms with Gasteiger partial charge in [0.05, 0.1) is 6.10 Å². The van der Waals surface area contributed by atoms with Crippen LogP contribution < -0.4 is 0 Å². The molecule has 0 aromatic heterocycles. The number of hydrogen-bond donors (Lipinski definition) is 2. The zero-order chi connectivity index (χ0) is 23.3. The van der Waals surface area contributed by atoms with Gasteiger partial charge in [-0.2, -0.15) is 0 Å². The molecule has 0 bridgehead atoms. The van der Waals surface area contributed by atoms with Crippen molar-refractivity contribution in [3.8, 4) is 0 Å². The molecule has 9 atom stereocenters. The predicted octanol–water partition coefficient (Wildman–Crippen LogP) is 7.41. The van der Waals surface area contributed by atoms with Crippen molar-refractivity contribution in [2.75, 3.05) is 0 Å². The highest BCUT2D eigenvalue weighted by Gasteiger charge is 2.59. The third kappa shape index (κ3) is 3.75. The molecule has 4 rings (SSSR count). The largest absolute Gasteiger partial charge is 0.393 e. The lowest BCUT2D eigenvalue weighted by Crippen LogP contribution is -2.50. The Bertz CT molecular complexity index is 728. The van der Waals surface area contributed by atoms with Crippen molar-refractivity contribution in [2.45, 2.75) is 111 Å². The highest BCUT2D eigenvalue weighted by atomic mass is 17.1. The van der Waals surface area contributed by atoms with Gasteiger partial charge in [0.25, 0.3) is 0 Å². The van der Waals surface area contributed by atoms with Crippen LogP contribution in [0.25, 0.3) is 0 Å². The normalized spacial score (nSPS) is 44.1. The first-order chi connectivity index (χ1) is 15.1. The first kappa shape index (κ1) is 24.5. The third-order valence-electron chi connectivity index (χ3n) is 11.3. The van der Waals surface area contributed by atoms with Gasteiger partial charge in [0.2, 0.25) is 0 Å². The van der Waals surface area contributed by atoms with Crippen molar-refractivity contribution in [3.63, 3.8) is 0 Å². The van der Waals surface area contributed by atoms with E-state index in [1.807, 2.05) is 6.08 Å². The summed E-state index contributed by atoms with van der Waals surface area (Å²) < 4.78 is 0. The standard InChI is InChI=1S/C29H48O3/c1-7-29(32-31,19(2)3)17-12-20(4)24-10-11-25-23-9-8-21-18-22(30)13-15-27(21,5)26(23)14-16-28(24,25)6/h7-8,19-20,22-26,30-31H,1,9-18H2,2-6H3/t20-,22+,23?,24-,25?,26+,27+,28-,29?/m1/s1. The van der Waals surface area contributed by atoms with Crippen molar-refractivity contribution in [3.05, 3.63) is 24.3 Å². The summed E-state index contributed by atoms with van der Waals surface area (Å²) in [5.41, 5.74) is 1.70. The molecule has 0 radical (unpaired) electrons. The molecule has 0 heterocycles. The number of aliphatic hydroxyl groups is 1. The molecule has 3 fully saturated rings. The smallest absolute Gasteiger partial charge is 0.123 e. The molecule has 0 aliphatic heterocycles. The molecule has 0 spiro atoms. The average molecular weight is 445 g/mol. The van der Waals surface area contributed by atoms with Crippen LogP contribution in [0.2, 0.25) is 0 Å². The molecule has 182 valence electrons. The van der Waals surface area contributed by atoms with Gasteiger partial charge >= 0.3 is 0 Å². The second-order valence-corrected chi connectivity index (χ2v) is 12.8. The average Bonchev–Trinajstić information content (AvgIpc) is 3.12. The Hall–Kier alpha value is -0.640. The van der Waals surface area contributed by atoms with Crippen LogP contribution in [0.4, 0.5) is 0 Å². The molecule has 3 saturated carbocycles. The summed E-state index contributed by atoms with van der Waals surface area (Å²) in [6.07, 6.45) is 15.9. The topological polar surface area (TPSA) is 49.7 Å². The quantitative estimate of drug-likeness (QED) is 0.244. The van der Waals surface area contributed by atoms with E-state index < -0.39 is 5.60 Å². The van der Waals surface area contributed by atoms with Crippen LogP contribution in [-0.2, 0) is 4.89 Å². The fourth-order valence-electron chi connectivity index (χ4n) is 9.09. The molecular weight excluding hydrogens is 396 g/mol. The van der Waals surface area contributed by atoms with Gasteiger partial charge in [-0.1, -0.05) is 52.3 Å². The Labute approximate surface area is 196 Å². The molecule has 0 aromatic carbocycles. The van der Waals surface area contributed by atoms with E-state index >= 15 is 0 Å². The predicted molar refractivity (Wildman–Crippen MR) is 131 cm³/mol. The Balaban J connectivity index is 1.49. The summed E-state index contributed by atoms with van der Waals surface area (Å²) in [5.74, 6) is 4.05. The first-order valence-corrected chi connectivity index (χ1v) is 13.4. The highest BCUT2D eigenvalue weighted by molar-refractivity contribution is 5.25. The zero-order valence-corrected chi connectivity index (χ0v) is 21.3. The number of fused-ring (bicyclic) bond motifs is 5. The second kappa shape index (κ2) is 8.86. The lowest BCUT2D eigenvalue weighted by Gasteiger charge is -2.58. The van der Waals surface area contributed by atoms with Crippen LogP contribution in [0.3, 0.4) is 0 Å². The fraction of sp³-hybridized carbons (Fsp3) is 0.862. The van der Waals surface area contributed by atoms with Gasteiger partial charge in [0.15, 0.2) is 0 Å². The van der Waals surface area contributed by atoms with Crippen LogP contribution >= 0.6 is 0 Å². The summed E-state index contributed by atoms with van der Waals surface area (Å²) in [6.45, 7) is 15.7. The molecule has 4 aliphatic rings. The number of aliphatic hydroxyl groups excluding tert-OH is 1. The van der Waals surface area contributed by atoms with Gasteiger partial charge in [-0.25, -0.2) is 4.89 Å². The fourth-order valence-corrected chi connectivity index (χ4v) is 9.09. The van der Waals surface area contributed by atoms with Crippen LogP contribution in [0, 0.1) is 46.3 Å². The molecule has 0 saturated heterocycles. The summed E-state index contributed by atoms with van der Waals surface area (Å²) >= 11 is 0. The molecule has 32 heavy (non-hydrogen) atoms. The van der Waals surface area contributed by atoms with Crippen molar-refractivity contribution >= 4 is 0 Å². The Kier molecular flexibility index (Phi) is 6.78. The minimum atomic E-state index is -0.629. The molecule has 3 nitrogen and oxygen atoms in total. The molecule has 0 aromatic rings. The van der Waals surface area contributed by atoms with E-state index in [1.165, 1.54) is 38.5 Å². The molecule has 2 N–H and O–H groups in total.